The minimum absolute atomic E-state index is 0.362. The lowest BCUT2D eigenvalue weighted by Gasteiger charge is -2.15. The minimum atomic E-state index is 0.362. The van der Waals surface area contributed by atoms with E-state index in [0.29, 0.717) is 12.7 Å². The fraction of sp³-hybridized carbons (Fsp3) is 0.471. The average molecular weight is 318 g/mol. The van der Waals surface area contributed by atoms with E-state index in [-0.39, 0.29) is 0 Å². The summed E-state index contributed by atoms with van der Waals surface area (Å²) in [6, 6.07) is 8.22. The molecular weight excluding hydrogens is 296 g/mol. The van der Waals surface area contributed by atoms with Gasteiger partial charge in [0, 0.05) is 25.6 Å². The number of aromatic nitrogens is 1. The molecule has 5 heteroatoms. The number of hydrogen-bond acceptors (Lipinski definition) is 5. The second kappa shape index (κ2) is 7.72. The average Bonchev–Trinajstić information content (AvgIpc) is 3.26. The first-order valence-electron chi connectivity index (χ1n) is 7.67. The molecule has 0 amide bonds. The van der Waals surface area contributed by atoms with E-state index in [1.807, 2.05) is 23.0 Å². The normalized spacial score (nSPS) is 15.7. The standard InChI is InChI=1S/C17H22N2O2S/c1-20-17(14-4-5-14)9-18-8-13-2-6-16(7-3-13)21-10-15-11-22-12-19-15/h2-3,6-7,11-12,14,17-18H,4-5,8-10H2,1H3. The number of rotatable bonds is 9. The molecule has 0 radical (unpaired) electrons. The first kappa shape index (κ1) is 15.5. The number of methoxy groups -OCH3 is 1. The maximum absolute atomic E-state index is 5.71. The van der Waals surface area contributed by atoms with Crippen LogP contribution in [0.5, 0.6) is 5.75 Å². The van der Waals surface area contributed by atoms with Crippen LogP contribution in [0.4, 0.5) is 0 Å². The summed E-state index contributed by atoms with van der Waals surface area (Å²) in [7, 11) is 1.80. The summed E-state index contributed by atoms with van der Waals surface area (Å²) < 4.78 is 11.2. The molecule has 3 rings (SSSR count). The maximum atomic E-state index is 5.71. The third kappa shape index (κ3) is 4.53. The maximum Gasteiger partial charge on any atom is 0.131 e. The van der Waals surface area contributed by atoms with E-state index in [9.17, 15) is 0 Å². The van der Waals surface area contributed by atoms with Crippen molar-refractivity contribution in [2.24, 2.45) is 5.92 Å². The molecule has 2 aromatic rings. The van der Waals surface area contributed by atoms with Gasteiger partial charge < -0.3 is 14.8 Å². The van der Waals surface area contributed by atoms with Crippen molar-refractivity contribution in [1.82, 2.24) is 10.3 Å². The van der Waals surface area contributed by atoms with Gasteiger partial charge in [0.05, 0.1) is 17.3 Å². The lowest BCUT2D eigenvalue weighted by molar-refractivity contribution is 0.0836. The van der Waals surface area contributed by atoms with Gasteiger partial charge >= 0.3 is 0 Å². The Morgan fingerprint density at radius 1 is 1.32 bits per heavy atom. The largest absolute Gasteiger partial charge is 0.487 e. The third-order valence-corrected chi connectivity index (χ3v) is 4.55. The molecule has 1 fully saturated rings. The van der Waals surface area contributed by atoms with Crippen molar-refractivity contribution in [2.45, 2.75) is 32.1 Å². The fourth-order valence-electron chi connectivity index (χ4n) is 2.44. The second-order valence-electron chi connectivity index (χ2n) is 5.65. The number of nitrogens with zero attached hydrogens (tertiary/aromatic N) is 1. The van der Waals surface area contributed by atoms with Crippen molar-refractivity contribution in [2.75, 3.05) is 13.7 Å². The third-order valence-electron chi connectivity index (χ3n) is 3.92. The second-order valence-corrected chi connectivity index (χ2v) is 6.37. The zero-order chi connectivity index (χ0) is 15.2. The molecule has 1 atom stereocenters. The fourth-order valence-corrected chi connectivity index (χ4v) is 2.98. The Kier molecular flexibility index (Phi) is 5.43. The van der Waals surface area contributed by atoms with Gasteiger partial charge in [-0.2, -0.15) is 0 Å². The first-order valence-corrected chi connectivity index (χ1v) is 8.62. The Morgan fingerprint density at radius 2 is 2.14 bits per heavy atom. The van der Waals surface area contributed by atoms with Gasteiger partial charge in [0.2, 0.25) is 0 Å². The molecule has 1 N–H and O–H groups in total. The molecule has 0 aliphatic heterocycles. The molecule has 1 heterocycles. The molecule has 1 aliphatic carbocycles. The molecule has 0 bridgehead atoms. The predicted molar refractivity (Wildman–Crippen MR) is 88.1 cm³/mol. The van der Waals surface area contributed by atoms with E-state index in [0.717, 1.165) is 30.5 Å². The smallest absolute Gasteiger partial charge is 0.131 e. The number of ether oxygens (including phenoxy) is 2. The molecule has 1 aliphatic rings. The van der Waals surface area contributed by atoms with Crippen molar-refractivity contribution in [3.05, 3.63) is 46.4 Å². The van der Waals surface area contributed by atoms with Crippen LogP contribution in [-0.4, -0.2) is 24.7 Å². The van der Waals surface area contributed by atoms with Crippen molar-refractivity contribution >= 4 is 11.3 Å². The number of benzene rings is 1. The van der Waals surface area contributed by atoms with Crippen LogP contribution in [-0.2, 0) is 17.9 Å². The van der Waals surface area contributed by atoms with Crippen LogP contribution in [0.1, 0.15) is 24.1 Å². The number of thiazole rings is 1. The summed E-state index contributed by atoms with van der Waals surface area (Å²) in [4.78, 5) is 4.20. The Labute approximate surface area is 135 Å². The molecule has 4 nitrogen and oxygen atoms in total. The van der Waals surface area contributed by atoms with Gasteiger partial charge in [-0.05, 0) is 36.5 Å². The Bertz CT molecular complexity index is 553. The summed E-state index contributed by atoms with van der Waals surface area (Å²) >= 11 is 1.59. The summed E-state index contributed by atoms with van der Waals surface area (Å²) in [5, 5.41) is 5.48. The summed E-state index contributed by atoms with van der Waals surface area (Å²) in [5.74, 6) is 1.64. The lowest BCUT2D eigenvalue weighted by Crippen LogP contribution is -2.29. The minimum Gasteiger partial charge on any atom is -0.487 e. The quantitative estimate of drug-likeness (QED) is 0.771. The van der Waals surface area contributed by atoms with E-state index in [1.165, 1.54) is 18.4 Å². The number of nitrogens with one attached hydrogen (secondary N) is 1. The summed E-state index contributed by atoms with van der Waals surface area (Å²) in [6.45, 7) is 2.31. The zero-order valence-corrected chi connectivity index (χ0v) is 13.6. The van der Waals surface area contributed by atoms with Crippen molar-refractivity contribution in [3.63, 3.8) is 0 Å². The topological polar surface area (TPSA) is 43.4 Å². The van der Waals surface area contributed by atoms with E-state index in [1.54, 1.807) is 18.4 Å². The Balaban J connectivity index is 1.40. The molecular formula is C17H22N2O2S. The highest BCUT2D eigenvalue weighted by molar-refractivity contribution is 7.07. The monoisotopic (exact) mass is 318 g/mol. The van der Waals surface area contributed by atoms with Gasteiger partial charge in [0.15, 0.2) is 0 Å². The van der Waals surface area contributed by atoms with E-state index < -0.39 is 0 Å². The van der Waals surface area contributed by atoms with Crippen molar-refractivity contribution < 1.29 is 9.47 Å². The molecule has 0 spiro atoms. The highest BCUT2D eigenvalue weighted by Gasteiger charge is 2.30. The van der Waals surface area contributed by atoms with Crippen molar-refractivity contribution in [1.29, 1.82) is 0 Å². The van der Waals surface area contributed by atoms with Gasteiger partial charge in [-0.1, -0.05) is 12.1 Å². The van der Waals surface area contributed by atoms with E-state index in [4.69, 9.17) is 9.47 Å². The predicted octanol–water partition coefficient (Wildman–Crippen LogP) is 3.24. The van der Waals surface area contributed by atoms with Crippen LogP contribution in [0.25, 0.3) is 0 Å². The molecule has 1 unspecified atom stereocenters. The van der Waals surface area contributed by atoms with Crippen molar-refractivity contribution in [3.8, 4) is 5.75 Å². The van der Waals surface area contributed by atoms with Crippen LogP contribution in [0, 0.1) is 5.92 Å². The van der Waals surface area contributed by atoms with Crippen LogP contribution < -0.4 is 10.1 Å². The summed E-state index contributed by atoms with van der Waals surface area (Å²) in [5.41, 5.74) is 4.05. The van der Waals surface area contributed by atoms with Crippen LogP contribution in [0.2, 0.25) is 0 Å². The van der Waals surface area contributed by atoms with Gasteiger partial charge in [0.25, 0.3) is 0 Å². The molecule has 1 aromatic carbocycles. The van der Waals surface area contributed by atoms with E-state index >= 15 is 0 Å². The Hall–Kier alpha value is -1.43. The van der Waals surface area contributed by atoms with E-state index in [2.05, 4.69) is 22.4 Å². The molecule has 1 saturated carbocycles. The summed E-state index contributed by atoms with van der Waals surface area (Å²) in [6.07, 6.45) is 2.98. The molecule has 0 saturated heterocycles. The van der Waals surface area contributed by atoms with Gasteiger partial charge in [-0.3, -0.25) is 0 Å². The molecule has 1 aromatic heterocycles. The van der Waals surface area contributed by atoms with Gasteiger partial charge in [-0.25, -0.2) is 4.98 Å². The van der Waals surface area contributed by atoms with Gasteiger partial charge in [-0.15, -0.1) is 11.3 Å². The first-order chi connectivity index (χ1) is 10.8. The SMILES string of the molecule is COC(CNCc1ccc(OCc2cscn2)cc1)C1CC1. The van der Waals surface area contributed by atoms with Crippen LogP contribution >= 0.6 is 11.3 Å². The lowest BCUT2D eigenvalue weighted by atomic mass is 10.2. The van der Waals surface area contributed by atoms with Gasteiger partial charge in [0.1, 0.15) is 12.4 Å². The Morgan fingerprint density at radius 3 is 2.77 bits per heavy atom. The highest BCUT2D eigenvalue weighted by atomic mass is 32.1. The molecule has 22 heavy (non-hydrogen) atoms. The zero-order valence-electron chi connectivity index (χ0n) is 12.8. The molecule has 118 valence electrons. The number of hydrogen-bond donors (Lipinski definition) is 1. The van der Waals surface area contributed by atoms with Crippen LogP contribution in [0.3, 0.4) is 0 Å². The van der Waals surface area contributed by atoms with Crippen LogP contribution in [0.15, 0.2) is 35.2 Å². The highest BCUT2D eigenvalue weighted by Crippen LogP contribution is 2.33.